The van der Waals surface area contributed by atoms with Gasteiger partial charge in [0.1, 0.15) is 0 Å². The molecule has 18 heavy (non-hydrogen) atoms. The molecular weight excluding hydrogens is 245 g/mol. The molecule has 1 aliphatic rings. The van der Waals surface area contributed by atoms with Gasteiger partial charge in [-0.05, 0) is 31.6 Å². The second-order valence-electron chi connectivity index (χ2n) is 5.46. The Morgan fingerprint density at radius 1 is 1.33 bits per heavy atom. The number of aliphatic carboxylic acids is 1. The molecule has 5 heteroatoms. The zero-order valence-corrected chi connectivity index (χ0v) is 10.7. The fourth-order valence-electron chi connectivity index (χ4n) is 2.86. The Labute approximate surface area is 106 Å². The largest absolute Gasteiger partial charge is 0.481 e. The lowest BCUT2D eigenvalue weighted by atomic mass is 9.67. The van der Waals surface area contributed by atoms with Crippen LogP contribution in [0.4, 0.5) is 13.2 Å². The van der Waals surface area contributed by atoms with Crippen LogP contribution < -0.4 is 0 Å². The molecule has 1 N–H and O–H groups in total. The van der Waals surface area contributed by atoms with Crippen LogP contribution >= 0.6 is 0 Å². The van der Waals surface area contributed by atoms with Crippen LogP contribution in [0.25, 0.3) is 0 Å². The lowest BCUT2D eigenvalue weighted by Gasteiger charge is -2.37. The number of halogens is 3. The van der Waals surface area contributed by atoms with Crippen molar-refractivity contribution in [2.45, 2.75) is 64.5 Å². The maximum Gasteiger partial charge on any atom is 0.390 e. The highest BCUT2D eigenvalue weighted by molar-refractivity contribution is 5.74. The number of alkyl halides is 3. The second kappa shape index (κ2) is 5.93. The third kappa shape index (κ3) is 4.18. The van der Waals surface area contributed by atoms with Crippen molar-refractivity contribution < 1.29 is 23.1 Å². The number of hydrogen-bond acceptors (Lipinski definition) is 1. The van der Waals surface area contributed by atoms with Crippen LogP contribution in [-0.4, -0.2) is 17.3 Å². The number of carboxylic acids is 1. The molecule has 0 aliphatic heterocycles. The zero-order valence-electron chi connectivity index (χ0n) is 10.7. The molecule has 0 unspecified atom stereocenters. The van der Waals surface area contributed by atoms with Crippen LogP contribution in [0.1, 0.15) is 58.3 Å². The van der Waals surface area contributed by atoms with Crippen molar-refractivity contribution in [1.29, 1.82) is 0 Å². The van der Waals surface area contributed by atoms with Crippen LogP contribution in [0, 0.1) is 11.3 Å². The molecule has 1 rings (SSSR count). The number of unbranched alkanes of at least 4 members (excludes halogenated alkanes) is 1. The summed E-state index contributed by atoms with van der Waals surface area (Å²) in [6, 6.07) is 0. The summed E-state index contributed by atoms with van der Waals surface area (Å²) in [5.41, 5.74) is -1.57. The molecule has 0 aromatic heterocycles. The summed E-state index contributed by atoms with van der Waals surface area (Å²) in [7, 11) is 0. The van der Waals surface area contributed by atoms with Crippen molar-refractivity contribution in [3.05, 3.63) is 0 Å². The standard InChI is InChI=1S/C13H21F3O2/c1-2-3-4-10-5-7-12(8-6-10,11(17)18)9-13(14,15)16/h10H,2-9H2,1H3,(H,17,18). The van der Waals surface area contributed by atoms with Gasteiger partial charge in [0.15, 0.2) is 0 Å². The minimum absolute atomic E-state index is 0.163. The van der Waals surface area contributed by atoms with Crippen molar-refractivity contribution in [2.75, 3.05) is 0 Å². The molecule has 0 radical (unpaired) electrons. The Balaban J connectivity index is 2.60. The van der Waals surface area contributed by atoms with Crippen LogP contribution in [-0.2, 0) is 4.79 Å². The SMILES string of the molecule is CCCCC1CCC(CC(F)(F)F)(C(=O)O)CC1. The highest BCUT2D eigenvalue weighted by atomic mass is 19.4. The van der Waals surface area contributed by atoms with E-state index in [0.29, 0.717) is 18.8 Å². The molecule has 0 aromatic rings. The van der Waals surface area contributed by atoms with Crippen molar-refractivity contribution >= 4 is 5.97 Å². The first-order valence-corrected chi connectivity index (χ1v) is 6.59. The van der Waals surface area contributed by atoms with E-state index in [2.05, 4.69) is 6.92 Å². The third-order valence-corrected chi connectivity index (χ3v) is 4.02. The van der Waals surface area contributed by atoms with Gasteiger partial charge in [0.2, 0.25) is 0 Å². The predicted octanol–water partition coefficient (Wildman–Crippen LogP) is 4.39. The van der Waals surface area contributed by atoms with Gasteiger partial charge in [-0.3, -0.25) is 4.79 Å². The maximum absolute atomic E-state index is 12.5. The summed E-state index contributed by atoms with van der Waals surface area (Å²) in [5.74, 6) is -0.876. The number of carbonyl (C=O) groups is 1. The minimum Gasteiger partial charge on any atom is -0.481 e. The molecule has 2 nitrogen and oxygen atoms in total. The van der Waals surface area contributed by atoms with Gasteiger partial charge >= 0.3 is 12.1 Å². The Hall–Kier alpha value is -0.740. The fourth-order valence-corrected chi connectivity index (χ4v) is 2.86. The van der Waals surface area contributed by atoms with Gasteiger partial charge in [-0.1, -0.05) is 26.2 Å². The normalized spacial score (nSPS) is 29.2. The Morgan fingerprint density at radius 2 is 1.89 bits per heavy atom. The Bertz CT molecular complexity index is 278. The van der Waals surface area contributed by atoms with Crippen molar-refractivity contribution in [2.24, 2.45) is 11.3 Å². The smallest absolute Gasteiger partial charge is 0.390 e. The quantitative estimate of drug-likeness (QED) is 0.801. The van der Waals surface area contributed by atoms with Crippen LogP contribution in [0.2, 0.25) is 0 Å². The number of hydrogen-bond donors (Lipinski definition) is 1. The van der Waals surface area contributed by atoms with Gasteiger partial charge < -0.3 is 5.11 Å². The summed E-state index contributed by atoms with van der Waals surface area (Å²) in [6.45, 7) is 2.08. The lowest BCUT2D eigenvalue weighted by molar-refractivity contribution is -0.184. The minimum atomic E-state index is -4.39. The second-order valence-corrected chi connectivity index (χ2v) is 5.46. The lowest BCUT2D eigenvalue weighted by Crippen LogP contribution is -2.39. The molecule has 0 atom stereocenters. The summed E-state index contributed by atoms with van der Waals surface area (Å²) in [6.07, 6.45) is -0.868. The Kier molecular flexibility index (Phi) is 5.05. The summed E-state index contributed by atoms with van der Waals surface area (Å²) in [4.78, 5) is 11.2. The van der Waals surface area contributed by atoms with Crippen LogP contribution in [0.15, 0.2) is 0 Å². The van der Waals surface area contributed by atoms with E-state index < -0.39 is 24.0 Å². The average molecular weight is 266 g/mol. The molecule has 0 bridgehead atoms. The first-order chi connectivity index (χ1) is 8.29. The van der Waals surface area contributed by atoms with Gasteiger partial charge in [0.25, 0.3) is 0 Å². The molecule has 0 amide bonds. The molecule has 0 saturated heterocycles. The van der Waals surface area contributed by atoms with Crippen molar-refractivity contribution in [3.8, 4) is 0 Å². The average Bonchev–Trinajstić information content (AvgIpc) is 2.26. The first kappa shape index (κ1) is 15.3. The van der Waals surface area contributed by atoms with Crippen molar-refractivity contribution in [1.82, 2.24) is 0 Å². The fraction of sp³-hybridized carbons (Fsp3) is 0.923. The van der Waals surface area contributed by atoms with E-state index in [-0.39, 0.29) is 12.8 Å². The topological polar surface area (TPSA) is 37.3 Å². The van der Waals surface area contributed by atoms with Gasteiger partial charge in [-0.15, -0.1) is 0 Å². The van der Waals surface area contributed by atoms with E-state index in [9.17, 15) is 18.0 Å². The first-order valence-electron chi connectivity index (χ1n) is 6.59. The van der Waals surface area contributed by atoms with Gasteiger partial charge in [0.05, 0.1) is 11.8 Å². The molecule has 106 valence electrons. The van der Waals surface area contributed by atoms with E-state index in [1.165, 1.54) is 0 Å². The molecule has 0 heterocycles. The molecule has 1 fully saturated rings. The van der Waals surface area contributed by atoms with Gasteiger partial charge in [-0.2, -0.15) is 13.2 Å². The maximum atomic E-state index is 12.5. The van der Waals surface area contributed by atoms with Gasteiger partial charge in [-0.25, -0.2) is 0 Å². The third-order valence-electron chi connectivity index (χ3n) is 4.02. The molecular formula is C13H21F3O2. The Morgan fingerprint density at radius 3 is 2.28 bits per heavy atom. The molecule has 0 spiro atoms. The molecule has 0 aromatic carbocycles. The van der Waals surface area contributed by atoms with E-state index in [1.54, 1.807) is 0 Å². The zero-order chi connectivity index (χ0) is 13.8. The van der Waals surface area contributed by atoms with E-state index in [0.717, 1.165) is 19.3 Å². The summed E-state index contributed by atoms with van der Waals surface area (Å²) < 4.78 is 37.4. The predicted molar refractivity (Wildman–Crippen MR) is 62.2 cm³/mol. The van der Waals surface area contributed by atoms with E-state index in [4.69, 9.17) is 5.11 Å². The van der Waals surface area contributed by atoms with Crippen LogP contribution in [0.3, 0.4) is 0 Å². The summed E-state index contributed by atoms with van der Waals surface area (Å²) in [5, 5.41) is 9.11. The monoisotopic (exact) mass is 266 g/mol. The van der Waals surface area contributed by atoms with Crippen molar-refractivity contribution in [3.63, 3.8) is 0 Å². The molecule has 1 aliphatic carbocycles. The van der Waals surface area contributed by atoms with Crippen LogP contribution in [0.5, 0.6) is 0 Å². The number of rotatable bonds is 5. The van der Waals surface area contributed by atoms with Gasteiger partial charge in [0, 0.05) is 0 Å². The highest BCUT2D eigenvalue weighted by Crippen LogP contribution is 2.47. The number of carboxylic acid groups (broad SMARTS) is 1. The molecule has 1 saturated carbocycles. The van der Waals surface area contributed by atoms with E-state index >= 15 is 0 Å². The van der Waals surface area contributed by atoms with E-state index in [1.807, 2.05) is 0 Å². The highest BCUT2D eigenvalue weighted by Gasteiger charge is 2.49. The summed E-state index contributed by atoms with van der Waals surface area (Å²) >= 11 is 0.